The van der Waals surface area contributed by atoms with E-state index in [0.717, 1.165) is 19.3 Å². The minimum absolute atomic E-state index is 0.00250. The molecule has 1 heterocycles. The van der Waals surface area contributed by atoms with E-state index in [9.17, 15) is 9.59 Å². The topological polar surface area (TPSA) is 57.6 Å². The number of aliphatic carboxylic acids is 1. The van der Waals surface area contributed by atoms with Crippen molar-refractivity contribution in [3.8, 4) is 0 Å². The van der Waals surface area contributed by atoms with E-state index in [2.05, 4.69) is 6.92 Å². The molecule has 1 aliphatic rings. The van der Waals surface area contributed by atoms with Gasteiger partial charge < -0.3 is 10.0 Å². The van der Waals surface area contributed by atoms with Gasteiger partial charge in [0.15, 0.2) is 0 Å². The summed E-state index contributed by atoms with van der Waals surface area (Å²) >= 11 is 0. The van der Waals surface area contributed by atoms with E-state index in [1.807, 2.05) is 6.92 Å². The number of nitrogens with zero attached hydrogens (tertiary/aromatic N) is 1. The molecule has 1 amide bonds. The lowest BCUT2D eigenvalue weighted by molar-refractivity contribution is -0.142. The summed E-state index contributed by atoms with van der Waals surface area (Å²) < 4.78 is 0. The average Bonchev–Trinajstić information content (AvgIpc) is 2.52. The summed E-state index contributed by atoms with van der Waals surface area (Å²) in [5.41, 5.74) is 0. The van der Waals surface area contributed by atoms with Crippen LogP contribution in [0.1, 0.15) is 39.5 Å². The number of hydrogen-bond donors (Lipinski definition) is 1. The Hall–Kier alpha value is -1.06. The van der Waals surface area contributed by atoms with Gasteiger partial charge in [0, 0.05) is 19.0 Å². The fraction of sp³-hybridized carbons (Fsp3) is 0.818. The van der Waals surface area contributed by atoms with E-state index in [0.29, 0.717) is 6.54 Å². The van der Waals surface area contributed by atoms with Crippen LogP contribution < -0.4 is 0 Å². The molecule has 0 spiro atoms. The summed E-state index contributed by atoms with van der Waals surface area (Å²) in [6, 6.07) is -0.0958. The van der Waals surface area contributed by atoms with Crippen molar-refractivity contribution in [2.75, 3.05) is 6.54 Å². The van der Waals surface area contributed by atoms with Crippen molar-refractivity contribution < 1.29 is 14.7 Å². The van der Waals surface area contributed by atoms with Gasteiger partial charge in [0.2, 0.25) is 5.91 Å². The van der Waals surface area contributed by atoms with Crippen LogP contribution in [-0.2, 0) is 9.59 Å². The number of carboxylic acids is 1. The highest BCUT2D eigenvalue weighted by atomic mass is 16.4. The Morgan fingerprint density at radius 1 is 1.53 bits per heavy atom. The first-order chi connectivity index (χ1) is 7.11. The molecule has 0 saturated carbocycles. The summed E-state index contributed by atoms with van der Waals surface area (Å²) in [4.78, 5) is 24.3. The fourth-order valence-corrected chi connectivity index (χ4v) is 2.22. The molecule has 4 nitrogen and oxygen atoms in total. The lowest BCUT2D eigenvalue weighted by Gasteiger charge is -2.25. The lowest BCUT2D eigenvalue weighted by Crippen LogP contribution is -2.37. The molecule has 1 saturated heterocycles. The van der Waals surface area contributed by atoms with Crippen LogP contribution >= 0.6 is 0 Å². The maximum absolute atomic E-state index is 11.6. The molecule has 0 aliphatic carbocycles. The summed E-state index contributed by atoms with van der Waals surface area (Å²) in [7, 11) is 0. The quantitative estimate of drug-likeness (QED) is 0.753. The Bertz CT molecular complexity index is 252. The van der Waals surface area contributed by atoms with Crippen molar-refractivity contribution in [2.45, 2.75) is 45.6 Å². The molecule has 4 heteroatoms. The van der Waals surface area contributed by atoms with Gasteiger partial charge in [-0.3, -0.25) is 9.59 Å². The Balaban J connectivity index is 2.69. The number of carboxylic acid groups (broad SMARTS) is 1. The average molecular weight is 213 g/mol. The summed E-state index contributed by atoms with van der Waals surface area (Å²) in [6.07, 6.45) is 2.89. The zero-order valence-corrected chi connectivity index (χ0v) is 9.40. The van der Waals surface area contributed by atoms with Crippen LogP contribution in [0.25, 0.3) is 0 Å². The highest BCUT2D eigenvalue weighted by Crippen LogP contribution is 2.28. The van der Waals surface area contributed by atoms with Crippen LogP contribution in [0.2, 0.25) is 0 Å². The highest BCUT2D eigenvalue weighted by Gasteiger charge is 2.42. The second-order valence-corrected chi connectivity index (χ2v) is 4.07. The first-order valence-corrected chi connectivity index (χ1v) is 5.64. The van der Waals surface area contributed by atoms with Crippen molar-refractivity contribution in [3.05, 3.63) is 0 Å². The first kappa shape index (κ1) is 12.0. The fourth-order valence-electron chi connectivity index (χ4n) is 2.22. The maximum Gasteiger partial charge on any atom is 0.309 e. The minimum atomic E-state index is -0.839. The molecule has 1 N–H and O–H groups in total. The molecular weight excluding hydrogens is 194 g/mol. The molecule has 0 radical (unpaired) electrons. The number of likely N-dealkylation sites (tertiary alicyclic amines) is 1. The van der Waals surface area contributed by atoms with E-state index >= 15 is 0 Å². The lowest BCUT2D eigenvalue weighted by atomic mass is 9.98. The largest absolute Gasteiger partial charge is 0.481 e. The molecule has 1 fully saturated rings. The second-order valence-electron chi connectivity index (χ2n) is 4.07. The van der Waals surface area contributed by atoms with Crippen LogP contribution in [0.5, 0.6) is 0 Å². The third-order valence-electron chi connectivity index (χ3n) is 3.07. The normalized spacial score (nSPS) is 26.0. The summed E-state index contributed by atoms with van der Waals surface area (Å²) in [5.74, 6) is -1.34. The zero-order valence-electron chi connectivity index (χ0n) is 9.40. The monoisotopic (exact) mass is 213 g/mol. The molecule has 0 bridgehead atoms. The SMILES string of the molecule is CCCCN1C(=O)C[C@@H](C(=O)O)[C@@H]1CC. The van der Waals surface area contributed by atoms with Gasteiger partial charge in [-0.15, -0.1) is 0 Å². The van der Waals surface area contributed by atoms with E-state index in [-0.39, 0.29) is 18.4 Å². The second kappa shape index (κ2) is 5.14. The molecule has 0 aromatic carbocycles. The maximum atomic E-state index is 11.6. The molecule has 15 heavy (non-hydrogen) atoms. The van der Waals surface area contributed by atoms with Gasteiger partial charge in [-0.1, -0.05) is 20.3 Å². The van der Waals surface area contributed by atoms with Crippen molar-refractivity contribution in [1.29, 1.82) is 0 Å². The van der Waals surface area contributed by atoms with Crippen molar-refractivity contribution in [2.24, 2.45) is 5.92 Å². The number of carbonyl (C=O) groups excluding carboxylic acids is 1. The Kier molecular flexibility index (Phi) is 4.12. The van der Waals surface area contributed by atoms with Crippen molar-refractivity contribution in [3.63, 3.8) is 0 Å². The Labute approximate surface area is 90.3 Å². The van der Waals surface area contributed by atoms with Crippen LogP contribution in [0.15, 0.2) is 0 Å². The predicted octanol–water partition coefficient (Wildman–Crippen LogP) is 1.50. The summed E-state index contributed by atoms with van der Waals surface area (Å²) in [5, 5.41) is 9.00. The number of amides is 1. The summed E-state index contributed by atoms with van der Waals surface area (Å²) in [6.45, 7) is 4.71. The van der Waals surface area contributed by atoms with Crippen LogP contribution in [0.3, 0.4) is 0 Å². The molecule has 0 aromatic rings. The van der Waals surface area contributed by atoms with E-state index in [1.165, 1.54) is 0 Å². The van der Waals surface area contributed by atoms with E-state index < -0.39 is 11.9 Å². The molecule has 0 aromatic heterocycles. The predicted molar refractivity (Wildman–Crippen MR) is 56.4 cm³/mol. The minimum Gasteiger partial charge on any atom is -0.481 e. The van der Waals surface area contributed by atoms with Crippen molar-refractivity contribution in [1.82, 2.24) is 4.90 Å². The number of carbonyl (C=O) groups is 2. The smallest absolute Gasteiger partial charge is 0.309 e. The number of rotatable bonds is 5. The molecular formula is C11H19NO3. The van der Waals surface area contributed by atoms with Gasteiger partial charge in [0.05, 0.1) is 5.92 Å². The molecule has 86 valence electrons. The Morgan fingerprint density at radius 3 is 2.67 bits per heavy atom. The van der Waals surface area contributed by atoms with E-state index in [1.54, 1.807) is 4.90 Å². The standard InChI is InChI=1S/C11H19NO3/c1-3-5-6-12-9(4-2)8(11(14)15)7-10(12)13/h8-9H,3-7H2,1-2H3,(H,14,15)/t8-,9+/m1/s1. The van der Waals surface area contributed by atoms with Crippen molar-refractivity contribution >= 4 is 11.9 Å². The van der Waals surface area contributed by atoms with Crippen LogP contribution in [0, 0.1) is 5.92 Å². The third kappa shape index (κ3) is 2.49. The van der Waals surface area contributed by atoms with Gasteiger partial charge in [-0.2, -0.15) is 0 Å². The molecule has 2 atom stereocenters. The first-order valence-electron chi connectivity index (χ1n) is 5.64. The van der Waals surface area contributed by atoms with Gasteiger partial charge in [0.1, 0.15) is 0 Å². The van der Waals surface area contributed by atoms with Crippen LogP contribution in [-0.4, -0.2) is 34.5 Å². The number of unbranched alkanes of at least 4 members (excludes halogenated alkanes) is 1. The van der Waals surface area contributed by atoms with Gasteiger partial charge >= 0.3 is 5.97 Å². The molecule has 1 rings (SSSR count). The van der Waals surface area contributed by atoms with Gasteiger partial charge in [0.25, 0.3) is 0 Å². The van der Waals surface area contributed by atoms with E-state index in [4.69, 9.17) is 5.11 Å². The number of hydrogen-bond acceptors (Lipinski definition) is 2. The molecule has 1 aliphatic heterocycles. The van der Waals surface area contributed by atoms with Crippen LogP contribution in [0.4, 0.5) is 0 Å². The van der Waals surface area contributed by atoms with Gasteiger partial charge in [-0.25, -0.2) is 0 Å². The zero-order chi connectivity index (χ0) is 11.4. The molecule has 0 unspecified atom stereocenters. The highest BCUT2D eigenvalue weighted by molar-refractivity contribution is 5.86. The Morgan fingerprint density at radius 2 is 2.20 bits per heavy atom. The van der Waals surface area contributed by atoms with Gasteiger partial charge in [-0.05, 0) is 12.8 Å². The third-order valence-corrected chi connectivity index (χ3v) is 3.07.